The van der Waals surface area contributed by atoms with Gasteiger partial charge < -0.3 is 9.80 Å². The first-order valence-electron chi connectivity index (χ1n) is 12.5. The van der Waals surface area contributed by atoms with Crippen LogP contribution < -0.4 is 4.90 Å². The van der Waals surface area contributed by atoms with E-state index < -0.39 is 0 Å². The number of amides is 2. The molecule has 188 valence electrons. The van der Waals surface area contributed by atoms with Gasteiger partial charge in [-0.3, -0.25) is 19.5 Å². The van der Waals surface area contributed by atoms with Crippen LogP contribution in [-0.4, -0.2) is 52.8 Å². The highest BCUT2D eigenvalue weighted by Gasteiger charge is 2.22. The predicted molar refractivity (Wildman–Crippen MR) is 139 cm³/mol. The molecule has 0 N–H and O–H groups in total. The summed E-state index contributed by atoms with van der Waals surface area (Å²) in [6, 6.07) is 20.1. The average molecular weight is 489 g/mol. The van der Waals surface area contributed by atoms with E-state index in [1.54, 1.807) is 41.1 Å². The number of anilines is 1. The summed E-state index contributed by atoms with van der Waals surface area (Å²) in [5.74, 6) is -0.525. The lowest BCUT2D eigenvalue weighted by Crippen LogP contribution is -2.38. The highest BCUT2D eigenvalue weighted by molar-refractivity contribution is 5.92. The molecule has 0 aliphatic carbocycles. The SMILES string of the molecule is CC(=O)N1CCCN(Cc2ccccn2)CCCN(C(=O)Cc2ccccc2F)Cc2ccccc21. The van der Waals surface area contributed by atoms with Crippen molar-refractivity contribution >= 4 is 17.5 Å². The van der Waals surface area contributed by atoms with Crippen molar-refractivity contribution in [2.75, 3.05) is 31.1 Å². The molecular formula is C29H33FN4O2. The van der Waals surface area contributed by atoms with Crippen LogP contribution in [0.3, 0.4) is 0 Å². The van der Waals surface area contributed by atoms with Gasteiger partial charge in [0.05, 0.1) is 12.1 Å². The van der Waals surface area contributed by atoms with Crippen LogP contribution in [0.5, 0.6) is 0 Å². The number of aromatic nitrogens is 1. The average Bonchev–Trinajstić information content (AvgIpc) is 2.87. The van der Waals surface area contributed by atoms with Gasteiger partial charge in [-0.1, -0.05) is 42.5 Å². The molecule has 0 unspecified atom stereocenters. The van der Waals surface area contributed by atoms with Crippen LogP contribution in [0.4, 0.5) is 10.1 Å². The molecule has 0 spiro atoms. The Hall–Kier alpha value is -3.58. The van der Waals surface area contributed by atoms with E-state index in [4.69, 9.17) is 0 Å². The lowest BCUT2D eigenvalue weighted by molar-refractivity contribution is -0.131. The fraction of sp³-hybridized carbons (Fsp3) is 0.345. The summed E-state index contributed by atoms with van der Waals surface area (Å²) in [6.45, 7) is 5.39. The van der Waals surface area contributed by atoms with Crippen molar-refractivity contribution in [2.45, 2.75) is 39.3 Å². The van der Waals surface area contributed by atoms with Gasteiger partial charge in [0, 0.05) is 58.1 Å². The molecule has 36 heavy (non-hydrogen) atoms. The molecule has 1 aliphatic rings. The second-order valence-electron chi connectivity index (χ2n) is 9.19. The van der Waals surface area contributed by atoms with Crippen molar-refractivity contribution in [1.82, 2.24) is 14.8 Å². The van der Waals surface area contributed by atoms with Gasteiger partial charge in [0.15, 0.2) is 0 Å². The normalized spacial score (nSPS) is 15.5. The van der Waals surface area contributed by atoms with Gasteiger partial charge in [0.1, 0.15) is 5.82 Å². The van der Waals surface area contributed by atoms with E-state index in [-0.39, 0.29) is 24.1 Å². The van der Waals surface area contributed by atoms with Crippen LogP contribution >= 0.6 is 0 Å². The Morgan fingerprint density at radius 3 is 2.36 bits per heavy atom. The molecule has 2 heterocycles. The molecule has 2 amide bonds. The summed E-state index contributed by atoms with van der Waals surface area (Å²) in [5, 5.41) is 0. The molecule has 4 rings (SSSR count). The lowest BCUT2D eigenvalue weighted by atomic mass is 10.1. The molecule has 1 aromatic heterocycles. The Balaban J connectivity index is 1.60. The summed E-state index contributed by atoms with van der Waals surface area (Å²) >= 11 is 0. The van der Waals surface area contributed by atoms with Crippen LogP contribution in [0.15, 0.2) is 72.9 Å². The second-order valence-corrected chi connectivity index (χ2v) is 9.19. The van der Waals surface area contributed by atoms with E-state index in [1.165, 1.54) is 6.07 Å². The number of hydrogen-bond donors (Lipinski definition) is 0. The Kier molecular flexibility index (Phi) is 8.79. The number of halogens is 1. The first-order valence-corrected chi connectivity index (χ1v) is 12.5. The van der Waals surface area contributed by atoms with Crippen molar-refractivity contribution in [3.8, 4) is 0 Å². The van der Waals surface area contributed by atoms with Gasteiger partial charge >= 0.3 is 0 Å². The third-order valence-electron chi connectivity index (χ3n) is 6.55. The maximum atomic E-state index is 14.3. The molecule has 3 aromatic rings. The third kappa shape index (κ3) is 6.76. The minimum atomic E-state index is -0.370. The number of rotatable bonds is 4. The number of benzene rings is 2. The Morgan fingerprint density at radius 1 is 0.889 bits per heavy atom. The minimum Gasteiger partial charge on any atom is -0.338 e. The standard InChI is InChI=1S/C29H33FN4O2/c1-23(35)34-19-9-17-32(22-26-12-6-7-15-31-26)16-8-18-33(21-25-11-3-5-14-28(25)34)29(36)20-24-10-2-4-13-27(24)30/h2-7,10-15H,8-9,16-22H2,1H3. The van der Waals surface area contributed by atoms with Gasteiger partial charge in [0.25, 0.3) is 0 Å². The van der Waals surface area contributed by atoms with Crippen molar-refractivity contribution in [1.29, 1.82) is 0 Å². The number of nitrogens with zero attached hydrogens (tertiary/aromatic N) is 4. The minimum absolute atomic E-state index is 0.00289. The summed E-state index contributed by atoms with van der Waals surface area (Å²) < 4.78 is 14.3. The number of pyridine rings is 1. The zero-order valence-corrected chi connectivity index (χ0v) is 20.8. The van der Waals surface area contributed by atoms with Gasteiger partial charge in [0.2, 0.25) is 11.8 Å². The highest BCUT2D eigenvalue weighted by atomic mass is 19.1. The van der Waals surface area contributed by atoms with Crippen molar-refractivity contribution in [3.63, 3.8) is 0 Å². The second kappa shape index (κ2) is 12.4. The maximum Gasteiger partial charge on any atom is 0.227 e. The highest BCUT2D eigenvalue weighted by Crippen LogP contribution is 2.24. The molecular weight excluding hydrogens is 455 g/mol. The van der Waals surface area contributed by atoms with Crippen LogP contribution in [0, 0.1) is 5.82 Å². The monoisotopic (exact) mass is 488 g/mol. The zero-order chi connectivity index (χ0) is 25.3. The topological polar surface area (TPSA) is 56.8 Å². The van der Waals surface area contributed by atoms with E-state index in [0.29, 0.717) is 31.7 Å². The third-order valence-corrected chi connectivity index (χ3v) is 6.55. The lowest BCUT2D eigenvalue weighted by Gasteiger charge is -2.31. The maximum absolute atomic E-state index is 14.3. The fourth-order valence-corrected chi connectivity index (χ4v) is 4.70. The smallest absolute Gasteiger partial charge is 0.227 e. The van der Waals surface area contributed by atoms with Crippen molar-refractivity contribution in [3.05, 3.63) is 95.6 Å². The Morgan fingerprint density at radius 2 is 1.61 bits per heavy atom. The van der Waals surface area contributed by atoms with Gasteiger partial charge in [-0.15, -0.1) is 0 Å². The van der Waals surface area contributed by atoms with E-state index in [2.05, 4.69) is 9.88 Å². The quantitative estimate of drug-likeness (QED) is 0.545. The van der Waals surface area contributed by atoms with Crippen LogP contribution in [0.2, 0.25) is 0 Å². The summed E-state index contributed by atoms with van der Waals surface area (Å²) in [7, 11) is 0. The summed E-state index contributed by atoms with van der Waals surface area (Å²) in [6.07, 6.45) is 3.41. The molecule has 1 aliphatic heterocycles. The largest absolute Gasteiger partial charge is 0.338 e. The van der Waals surface area contributed by atoms with E-state index in [1.807, 2.05) is 42.5 Å². The van der Waals surface area contributed by atoms with E-state index >= 15 is 0 Å². The zero-order valence-electron chi connectivity index (χ0n) is 20.8. The van der Waals surface area contributed by atoms with E-state index in [9.17, 15) is 14.0 Å². The fourth-order valence-electron chi connectivity index (χ4n) is 4.70. The summed E-state index contributed by atoms with van der Waals surface area (Å²) in [4.78, 5) is 36.4. The van der Waals surface area contributed by atoms with Crippen molar-refractivity contribution in [2.24, 2.45) is 0 Å². The molecule has 0 atom stereocenters. The van der Waals surface area contributed by atoms with Crippen molar-refractivity contribution < 1.29 is 14.0 Å². The number of fused-ring (bicyclic) bond motifs is 1. The number of hydrogen-bond acceptors (Lipinski definition) is 4. The van der Waals surface area contributed by atoms with Crippen LogP contribution in [-0.2, 0) is 29.1 Å². The molecule has 0 fully saturated rings. The van der Waals surface area contributed by atoms with E-state index in [0.717, 1.165) is 42.9 Å². The first kappa shape index (κ1) is 25.5. The predicted octanol–water partition coefficient (Wildman–Crippen LogP) is 4.44. The van der Waals surface area contributed by atoms with Gasteiger partial charge in [-0.2, -0.15) is 0 Å². The number of para-hydroxylation sites is 1. The molecule has 0 saturated carbocycles. The molecule has 7 heteroatoms. The summed E-state index contributed by atoms with van der Waals surface area (Å²) in [5.41, 5.74) is 3.13. The number of carbonyl (C=O) groups is 2. The van der Waals surface area contributed by atoms with Gasteiger partial charge in [-0.25, -0.2) is 4.39 Å². The molecule has 0 radical (unpaired) electrons. The Bertz CT molecular complexity index is 1170. The molecule has 0 bridgehead atoms. The van der Waals surface area contributed by atoms with Crippen LogP contribution in [0.1, 0.15) is 36.6 Å². The molecule has 2 aromatic carbocycles. The number of carbonyl (C=O) groups excluding carboxylic acids is 2. The first-order chi connectivity index (χ1) is 17.5. The molecule has 0 saturated heterocycles. The molecule has 6 nitrogen and oxygen atoms in total. The van der Waals surface area contributed by atoms with Crippen LogP contribution in [0.25, 0.3) is 0 Å². The Labute approximate surface area is 212 Å². The van der Waals surface area contributed by atoms with Gasteiger partial charge in [-0.05, 0) is 48.2 Å².